The van der Waals surface area contributed by atoms with Gasteiger partial charge in [0.1, 0.15) is 25.5 Å². The molecule has 0 aliphatic heterocycles. The Morgan fingerprint density at radius 1 is 0.750 bits per heavy atom. The minimum Gasteiger partial charge on any atom is -0.488 e. The lowest BCUT2D eigenvalue weighted by Gasteiger charge is -2.09. The zero-order valence-corrected chi connectivity index (χ0v) is 15.5. The van der Waals surface area contributed by atoms with Gasteiger partial charge in [-0.25, -0.2) is 0 Å². The molecule has 4 nitrogen and oxygen atoms in total. The van der Waals surface area contributed by atoms with Crippen LogP contribution in [0.3, 0.4) is 0 Å². The molecule has 4 aromatic rings. The van der Waals surface area contributed by atoms with Gasteiger partial charge in [0, 0.05) is 11.6 Å². The molecule has 0 amide bonds. The molecule has 0 spiro atoms. The molecule has 3 aromatic carbocycles. The number of hydrogen-bond acceptors (Lipinski definition) is 3. The molecule has 28 heavy (non-hydrogen) atoms. The second kappa shape index (κ2) is 8.44. The smallest absolute Gasteiger partial charge is 0.326 e. The van der Waals surface area contributed by atoms with E-state index in [1.165, 1.54) is 0 Å². The van der Waals surface area contributed by atoms with Crippen LogP contribution in [0.25, 0.3) is 10.9 Å². The molecule has 0 saturated carbocycles. The number of nitrogens with zero attached hydrogens (tertiary/aromatic N) is 1. The van der Waals surface area contributed by atoms with Crippen molar-refractivity contribution in [1.29, 1.82) is 0 Å². The van der Waals surface area contributed by atoms with Crippen molar-refractivity contribution >= 4 is 16.9 Å². The largest absolute Gasteiger partial charge is 0.488 e. The Kier molecular flexibility index (Phi) is 5.38. The molecule has 0 aliphatic rings. The molecule has 0 unspecified atom stereocenters. The van der Waals surface area contributed by atoms with Crippen molar-refractivity contribution in [3.63, 3.8) is 0 Å². The highest BCUT2D eigenvalue weighted by molar-refractivity contribution is 5.87. The summed E-state index contributed by atoms with van der Waals surface area (Å²) in [6.07, 6.45) is 1.89. The third kappa shape index (κ3) is 4.23. The summed E-state index contributed by atoms with van der Waals surface area (Å²) in [5, 5.41) is 0.981. The fraction of sp³-hybridized carbons (Fsp3) is 0.125. The predicted molar refractivity (Wildman–Crippen MR) is 109 cm³/mol. The number of ether oxygens (including phenoxy) is 2. The molecule has 0 fully saturated rings. The first kappa shape index (κ1) is 17.9. The Labute approximate surface area is 163 Å². The number of rotatable bonds is 7. The highest BCUT2D eigenvalue weighted by atomic mass is 16.5. The van der Waals surface area contributed by atoms with Crippen LogP contribution in [0.2, 0.25) is 0 Å². The molecule has 1 aromatic heterocycles. The molecule has 4 heteroatoms. The van der Waals surface area contributed by atoms with Crippen LogP contribution in [-0.2, 0) is 29.3 Å². The lowest BCUT2D eigenvalue weighted by molar-refractivity contribution is -0.145. The van der Waals surface area contributed by atoms with E-state index in [-0.39, 0.29) is 19.1 Å². The van der Waals surface area contributed by atoms with Crippen LogP contribution < -0.4 is 4.74 Å². The highest BCUT2D eigenvalue weighted by Gasteiger charge is 2.11. The van der Waals surface area contributed by atoms with Gasteiger partial charge >= 0.3 is 5.97 Å². The van der Waals surface area contributed by atoms with E-state index in [0.717, 1.165) is 27.8 Å². The molecule has 1 heterocycles. The van der Waals surface area contributed by atoms with Crippen LogP contribution in [0, 0.1) is 0 Å². The second-order valence-electron chi connectivity index (χ2n) is 6.55. The third-order valence-corrected chi connectivity index (χ3v) is 4.55. The maximum Gasteiger partial charge on any atom is 0.326 e. The average Bonchev–Trinajstić information content (AvgIpc) is 3.15. The summed E-state index contributed by atoms with van der Waals surface area (Å²) < 4.78 is 13.3. The molecule has 0 aliphatic carbocycles. The number of benzene rings is 3. The third-order valence-electron chi connectivity index (χ3n) is 4.55. The van der Waals surface area contributed by atoms with E-state index < -0.39 is 0 Å². The minimum atomic E-state index is -0.267. The van der Waals surface area contributed by atoms with Gasteiger partial charge in [-0.2, -0.15) is 0 Å². The van der Waals surface area contributed by atoms with Crippen molar-refractivity contribution in [2.45, 2.75) is 19.8 Å². The number of hydrogen-bond donors (Lipinski definition) is 0. The fourth-order valence-electron chi connectivity index (χ4n) is 3.12. The summed E-state index contributed by atoms with van der Waals surface area (Å²) in [4.78, 5) is 12.2. The van der Waals surface area contributed by atoms with Crippen molar-refractivity contribution in [3.8, 4) is 5.75 Å². The van der Waals surface area contributed by atoms with E-state index in [4.69, 9.17) is 9.47 Å². The van der Waals surface area contributed by atoms with Gasteiger partial charge in [-0.1, -0.05) is 66.7 Å². The van der Waals surface area contributed by atoms with Gasteiger partial charge < -0.3 is 14.0 Å². The second-order valence-corrected chi connectivity index (χ2v) is 6.55. The summed E-state index contributed by atoms with van der Waals surface area (Å²) in [7, 11) is 0. The van der Waals surface area contributed by atoms with Crippen LogP contribution in [0.4, 0.5) is 0 Å². The first-order valence-corrected chi connectivity index (χ1v) is 9.24. The molecular formula is C24H21NO3. The summed E-state index contributed by atoms with van der Waals surface area (Å²) in [5.74, 6) is 0.537. The molecule has 0 N–H and O–H groups in total. The molecule has 140 valence electrons. The number of carbonyl (C=O) groups is 1. The first-order valence-electron chi connectivity index (χ1n) is 9.24. The van der Waals surface area contributed by atoms with Crippen LogP contribution in [0.15, 0.2) is 91.1 Å². The summed E-state index contributed by atoms with van der Waals surface area (Å²) in [6, 6.07) is 27.6. The maximum atomic E-state index is 12.2. The van der Waals surface area contributed by atoms with Gasteiger partial charge in [0.15, 0.2) is 0 Å². The van der Waals surface area contributed by atoms with E-state index in [1.807, 2.05) is 95.7 Å². The molecule has 4 rings (SSSR count). The van der Waals surface area contributed by atoms with Gasteiger partial charge in [-0.05, 0) is 29.3 Å². The Hall–Kier alpha value is -3.53. The van der Waals surface area contributed by atoms with E-state index >= 15 is 0 Å². The maximum absolute atomic E-state index is 12.2. The molecule has 0 atom stereocenters. The Balaban J connectivity index is 1.43. The van der Waals surface area contributed by atoms with Gasteiger partial charge in [0.25, 0.3) is 0 Å². The highest BCUT2D eigenvalue weighted by Crippen LogP contribution is 2.27. The standard InChI is InChI=1S/C24H21NO3/c26-24(28-18-20-10-5-2-6-11-20)16-25-15-14-21-22(25)12-7-13-23(21)27-17-19-8-3-1-4-9-19/h1-15H,16-18H2. The van der Waals surface area contributed by atoms with Crippen LogP contribution in [0.5, 0.6) is 5.75 Å². The van der Waals surface area contributed by atoms with Crippen LogP contribution in [0.1, 0.15) is 11.1 Å². The monoisotopic (exact) mass is 371 g/mol. The topological polar surface area (TPSA) is 40.5 Å². The molecule has 0 radical (unpaired) electrons. The summed E-state index contributed by atoms with van der Waals surface area (Å²) >= 11 is 0. The Morgan fingerprint density at radius 3 is 2.14 bits per heavy atom. The normalized spacial score (nSPS) is 10.7. The van der Waals surface area contributed by atoms with Gasteiger partial charge in [-0.3, -0.25) is 4.79 Å². The van der Waals surface area contributed by atoms with Crippen molar-refractivity contribution in [3.05, 3.63) is 102 Å². The minimum absolute atomic E-state index is 0.165. The summed E-state index contributed by atoms with van der Waals surface area (Å²) in [6.45, 7) is 0.951. The zero-order valence-electron chi connectivity index (χ0n) is 15.5. The van der Waals surface area contributed by atoms with E-state index in [0.29, 0.717) is 6.61 Å². The van der Waals surface area contributed by atoms with E-state index in [1.54, 1.807) is 0 Å². The predicted octanol–water partition coefficient (Wildman–Crippen LogP) is 4.96. The number of aromatic nitrogens is 1. The number of carbonyl (C=O) groups excluding carboxylic acids is 1. The first-order chi connectivity index (χ1) is 13.8. The van der Waals surface area contributed by atoms with Crippen molar-refractivity contribution in [2.75, 3.05) is 0 Å². The number of fused-ring (bicyclic) bond motifs is 1. The molecule has 0 saturated heterocycles. The number of esters is 1. The quantitative estimate of drug-likeness (QED) is 0.431. The van der Waals surface area contributed by atoms with Gasteiger partial charge in [-0.15, -0.1) is 0 Å². The van der Waals surface area contributed by atoms with E-state index in [9.17, 15) is 4.79 Å². The van der Waals surface area contributed by atoms with E-state index in [2.05, 4.69) is 0 Å². The lowest BCUT2D eigenvalue weighted by Crippen LogP contribution is -2.12. The van der Waals surface area contributed by atoms with Crippen molar-refractivity contribution in [2.24, 2.45) is 0 Å². The van der Waals surface area contributed by atoms with Gasteiger partial charge in [0.05, 0.1) is 5.52 Å². The van der Waals surface area contributed by atoms with Crippen LogP contribution in [-0.4, -0.2) is 10.5 Å². The SMILES string of the molecule is O=C(Cn1ccc2c(OCc3ccccc3)cccc21)OCc1ccccc1. The zero-order chi connectivity index (χ0) is 19.2. The Morgan fingerprint density at radius 2 is 1.43 bits per heavy atom. The molecule has 0 bridgehead atoms. The van der Waals surface area contributed by atoms with Crippen LogP contribution >= 0.6 is 0 Å². The fourth-order valence-corrected chi connectivity index (χ4v) is 3.12. The average molecular weight is 371 g/mol. The van der Waals surface area contributed by atoms with Crippen molar-refractivity contribution in [1.82, 2.24) is 4.57 Å². The van der Waals surface area contributed by atoms with Gasteiger partial charge in [0.2, 0.25) is 0 Å². The lowest BCUT2D eigenvalue weighted by atomic mass is 10.2. The van der Waals surface area contributed by atoms with Crippen molar-refractivity contribution < 1.29 is 14.3 Å². The Bertz CT molecular complexity index is 1060. The molecular weight excluding hydrogens is 350 g/mol. The summed E-state index contributed by atoms with van der Waals surface area (Å²) in [5.41, 5.74) is 3.04.